The molecule has 0 unspecified atom stereocenters. The Morgan fingerprint density at radius 3 is 2.56 bits per heavy atom. The molecule has 3 nitrogen and oxygen atoms in total. The number of allylic oxidation sites excluding steroid dienone is 1. The van der Waals surface area contributed by atoms with Crippen LogP contribution in [0.4, 0.5) is 0 Å². The maximum atomic E-state index is 11.6. The summed E-state index contributed by atoms with van der Waals surface area (Å²) >= 11 is 1.84. The summed E-state index contributed by atoms with van der Waals surface area (Å²) < 4.78 is 6.05. The van der Waals surface area contributed by atoms with Gasteiger partial charge in [-0.3, -0.25) is 9.69 Å². The van der Waals surface area contributed by atoms with E-state index >= 15 is 0 Å². The Morgan fingerprint density at radius 1 is 1.06 bits per heavy atom. The first kappa shape index (κ1) is 24.6. The normalized spacial score (nSPS) is 16.8. The van der Waals surface area contributed by atoms with Gasteiger partial charge in [0, 0.05) is 28.1 Å². The number of piperidine rings is 1. The molecule has 4 heteroatoms. The third-order valence-corrected chi connectivity index (χ3v) is 8.44. The van der Waals surface area contributed by atoms with Crippen LogP contribution in [0.25, 0.3) is 6.08 Å². The van der Waals surface area contributed by atoms with Gasteiger partial charge in [-0.1, -0.05) is 54.5 Å². The van der Waals surface area contributed by atoms with E-state index < -0.39 is 0 Å². The number of carbonyl (C=O) groups is 1. The maximum Gasteiger partial charge on any atom is 0.131 e. The lowest BCUT2D eigenvalue weighted by Gasteiger charge is -2.39. The van der Waals surface area contributed by atoms with Gasteiger partial charge >= 0.3 is 0 Å². The van der Waals surface area contributed by atoms with E-state index in [4.69, 9.17) is 4.74 Å². The van der Waals surface area contributed by atoms with Gasteiger partial charge in [0.05, 0.1) is 5.92 Å². The van der Waals surface area contributed by atoms with Gasteiger partial charge in [0.1, 0.15) is 18.1 Å². The van der Waals surface area contributed by atoms with Gasteiger partial charge in [0.25, 0.3) is 0 Å². The van der Waals surface area contributed by atoms with Gasteiger partial charge in [0.2, 0.25) is 0 Å². The second kappa shape index (κ2) is 10.9. The van der Waals surface area contributed by atoms with Crippen molar-refractivity contribution < 1.29 is 9.53 Å². The lowest BCUT2D eigenvalue weighted by Crippen LogP contribution is -2.40. The number of benzene rings is 2. The zero-order valence-electron chi connectivity index (χ0n) is 21.1. The molecule has 184 valence electrons. The maximum absolute atomic E-state index is 11.6. The van der Waals surface area contributed by atoms with Crippen molar-refractivity contribution >= 4 is 23.2 Å². The number of hydrogen-bond acceptors (Lipinski definition) is 4. The Hall–Kier alpha value is -3.13. The first-order valence-electron chi connectivity index (χ1n) is 12.8. The predicted octanol–water partition coefficient (Wildman–Crippen LogP) is 6.97. The highest BCUT2D eigenvalue weighted by atomic mass is 32.1. The average molecular weight is 496 g/mol. The second-order valence-corrected chi connectivity index (χ2v) is 11.2. The van der Waals surface area contributed by atoms with E-state index in [1.165, 1.54) is 33.7 Å². The topological polar surface area (TPSA) is 29.5 Å². The fourth-order valence-corrected chi connectivity index (χ4v) is 6.42. The van der Waals surface area contributed by atoms with Gasteiger partial charge in [0.15, 0.2) is 0 Å². The summed E-state index contributed by atoms with van der Waals surface area (Å²) in [6.07, 6.45) is 7.58. The van der Waals surface area contributed by atoms with Crippen molar-refractivity contribution in [3.05, 3.63) is 93.2 Å². The number of hydrogen-bond donors (Lipinski definition) is 0. The summed E-state index contributed by atoms with van der Waals surface area (Å²) in [6.45, 7) is 7.26. The molecule has 0 radical (unpaired) electrons. The zero-order chi connectivity index (χ0) is 25.0. The van der Waals surface area contributed by atoms with Crippen molar-refractivity contribution in [1.82, 2.24) is 4.90 Å². The molecule has 0 saturated carbocycles. The van der Waals surface area contributed by atoms with Crippen LogP contribution >= 0.6 is 11.3 Å². The van der Waals surface area contributed by atoms with E-state index in [0.717, 1.165) is 30.9 Å². The van der Waals surface area contributed by atoms with E-state index in [-0.39, 0.29) is 17.1 Å². The molecule has 1 aromatic heterocycles. The third-order valence-electron chi connectivity index (χ3n) is 7.40. The third kappa shape index (κ3) is 5.48. The minimum absolute atomic E-state index is 0.0505. The van der Waals surface area contributed by atoms with Crippen LogP contribution in [-0.2, 0) is 23.4 Å². The standard InChI is InChI=1S/C32H33NO2S/c1-3-6-27(21-24(2)34)25-9-11-28(12-10-25)35-23-30-14-13-29(36-30)22-33-19-17-32(18-20-33)16-15-26-7-4-5-8-31(26)32/h4-5,7-16,27H,17-23H2,1-2H3/t27-/m0/s1. The minimum Gasteiger partial charge on any atom is -0.488 e. The highest BCUT2D eigenvalue weighted by Crippen LogP contribution is 2.43. The fraction of sp³-hybridized carbons (Fsp3) is 0.344. The summed E-state index contributed by atoms with van der Waals surface area (Å²) in [5.74, 6) is 7.03. The van der Waals surface area contributed by atoms with Gasteiger partial charge in [-0.15, -0.1) is 17.3 Å². The SMILES string of the molecule is CC#C[C@@H](CC(C)=O)c1ccc(OCc2ccc(CN3CCC4(C=Cc5ccccc54)CC3)s2)cc1. The molecule has 1 fully saturated rings. The smallest absolute Gasteiger partial charge is 0.131 e. The number of ketones is 1. The Labute approximate surface area is 218 Å². The molecule has 2 heterocycles. The molecule has 0 bridgehead atoms. The number of ether oxygens (including phenoxy) is 1. The van der Waals surface area contributed by atoms with Crippen molar-refractivity contribution in [3.63, 3.8) is 0 Å². The first-order valence-corrected chi connectivity index (χ1v) is 13.6. The molecule has 5 rings (SSSR count). The van der Waals surface area contributed by atoms with Crippen molar-refractivity contribution in [2.24, 2.45) is 0 Å². The fourth-order valence-electron chi connectivity index (χ4n) is 5.45. The summed E-state index contributed by atoms with van der Waals surface area (Å²) in [7, 11) is 0. The quantitative estimate of drug-likeness (QED) is 0.316. The van der Waals surface area contributed by atoms with Crippen LogP contribution < -0.4 is 4.74 Å². The molecule has 3 aromatic rings. The predicted molar refractivity (Wildman–Crippen MR) is 148 cm³/mol. The summed E-state index contributed by atoms with van der Waals surface area (Å²) in [5.41, 5.74) is 4.21. The lowest BCUT2D eigenvalue weighted by atomic mass is 9.74. The largest absolute Gasteiger partial charge is 0.488 e. The molecule has 36 heavy (non-hydrogen) atoms. The number of thiophene rings is 1. The Morgan fingerprint density at radius 2 is 1.81 bits per heavy atom. The van der Waals surface area contributed by atoms with Crippen LogP contribution in [0.2, 0.25) is 0 Å². The molecular weight excluding hydrogens is 462 g/mol. The summed E-state index contributed by atoms with van der Waals surface area (Å²) in [6, 6.07) is 21.3. The molecular formula is C32H33NO2S. The van der Waals surface area contributed by atoms with E-state index in [2.05, 4.69) is 65.3 Å². The van der Waals surface area contributed by atoms with Crippen molar-refractivity contribution in [3.8, 4) is 17.6 Å². The number of nitrogens with zero attached hydrogens (tertiary/aromatic N) is 1. The average Bonchev–Trinajstić information content (AvgIpc) is 3.49. The van der Waals surface area contributed by atoms with E-state index in [1.807, 2.05) is 42.5 Å². The summed E-state index contributed by atoms with van der Waals surface area (Å²) in [4.78, 5) is 16.8. The Balaban J connectivity index is 1.12. The first-order chi connectivity index (χ1) is 17.5. The number of carbonyl (C=O) groups excluding carboxylic acids is 1. The van der Waals surface area contributed by atoms with E-state index in [0.29, 0.717) is 13.0 Å². The highest BCUT2D eigenvalue weighted by molar-refractivity contribution is 7.11. The minimum atomic E-state index is -0.0505. The summed E-state index contributed by atoms with van der Waals surface area (Å²) in [5, 5.41) is 0. The van der Waals surface area contributed by atoms with Crippen LogP contribution in [0.1, 0.15) is 65.5 Å². The molecule has 1 atom stereocenters. The second-order valence-electron chi connectivity index (χ2n) is 9.93. The van der Waals surface area contributed by atoms with Crippen molar-refractivity contribution in [1.29, 1.82) is 0 Å². The van der Waals surface area contributed by atoms with Crippen LogP contribution in [0.5, 0.6) is 5.75 Å². The van der Waals surface area contributed by atoms with Gasteiger partial charge in [-0.05, 0) is 80.7 Å². The molecule has 1 spiro atoms. The highest BCUT2D eigenvalue weighted by Gasteiger charge is 2.37. The monoisotopic (exact) mass is 495 g/mol. The Kier molecular flexibility index (Phi) is 7.41. The van der Waals surface area contributed by atoms with E-state index in [1.54, 1.807) is 6.92 Å². The molecule has 1 aliphatic carbocycles. The van der Waals surface area contributed by atoms with E-state index in [9.17, 15) is 4.79 Å². The molecule has 2 aliphatic rings. The van der Waals surface area contributed by atoms with Crippen molar-refractivity contribution in [2.45, 2.75) is 57.6 Å². The van der Waals surface area contributed by atoms with Crippen molar-refractivity contribution in [2.75, 3.05) is 13.1 Å². The van der Waals surface area contributed by atoms with Gasteiger partial charge in [-0.25, -0.2) is 0 Å². The van der Waals surface area contributed by atoms with Gasteiger partial charge < -0.3 is 4.74 Å². The van der Waals surface area contributed by atoms with Crippen LogP contribution in [0.15, 0.2) is 66.7 Å². The van der Waals surface area contributed by atoms with Gasteiger partial charge in [-0.2, -0.15) is 0 Å². The molecule has 1 saturated heterocycles. The molecule has 1 aliphatic heterocycles. The molecule has 0 amide bonds. The Bertz CT molecular complexity index is 1300. The zero-order valence-corrected chi connectivity index (χ0v) is 21.9. The number of Topliss-reactive ketones (excluding diaryl/α,β-unsaturated/α-hetero) is 1. The number of rotatable bonds is 8. The van der Waals surface area contributed by atoms with Crippen LogP contribution in [0, 0.1) is 11.8 Å². The molecule has 2 aromatic carbocycles. The molecule has 0 N–H and O–H groups in total. The number of likely N-dealkylation sites (tertiary alicyclic amines) is 1. The van der Waals surface area contributed by atoms with Crippen LogP contribution in [-0.4, -0.2) is 23.8 Å². The number of fused-ring (bicyclic) bond motifs is 2. The van der Waals surface area contributed by atoms with Crippen LogP contribution in [0.3, 0.4) is 0 Å². The lowest BCUT2D eigenvalue weighted by molar-refractivity contribution is -0.117.